The molecule has 0 radical (unpaired) electrons. The Morgan fingerprint density at radius 2 is 1.81 bits per heavy atom. The Balaban J connectivity index is 1.65. The minimum atomic E-state index is -0.685. The van der Waals surface area contributed by atoms with Gasteiger partial charge in [-0.1, -0.05) is 6.07 Å². The van der Waals surface area contributed by atoms with Crippen LogP contribution in [0, 0.1) is 32.4 Å². The van der Waals surface area contributed by atoms with Gasteiger partial charge in [-0.2, -0.15) is 5.10 Å². The first-order valence-corrected chi connectivity index (χ1v) is 10.2. The third kappa shape index (κ3) is 3.70. The number of halogens is 2. The largest absolute Gasteiger partial charge is 0.485 e. The van der Waals surface area contributed by atoms with E-state index < -0.39 is 11.6 Å². The van der Waals surface area contributed by atoms with E-state index in [4.69, 9.17) is 4.74 Å². The number of hydrogen-bond donors (Lipinski definition) is 1. The summed E-state index contributed by atoms with van der Waals surface area (Å²) in [5.41, 5.74) is 3.29. The third-order valence-corrected chi connectivity index (χ3v) is 5.36. The van der Waals surface area contributed by atoms with Crippen LogP contribution in [0.4, 0.5) is 14.5 Å². The number of nitrogens with one attached hydrogen (secondary N) is 1. The average Bonchev–Trinajstić information content (AvgIpc) is 3.24. The summed E-state index contributed by atoms with van der Waals surface area (Å²) in [5, 5.41) is 7.37. The predicted molar refractivity (Wildman–Crippen MR) is 116 cm³/mol. The minimum Gasteiger partial charge on any atom is -0.485 e. The number of carbonyl (C=O) groups excluding carboxylic acids is 1. The number of aryl methyl sites for hydroxylation is 3. The predicted octanol–water partition coefficient (Wildman–Crippen LogP) is 4.59. The smallest absolute Gasteiger partial charge is 0.274 e. The van der Waals surface area contributed by atoms with E-state index in [2.05, 4.69) is 15.4 Å². The van der Waals surface area contributed by atoms with Crippen LogP contribution in [0.15, 0.2) is 36.5 Å². The summed E-state index contributed by atoms with van der Waals surface area (Å²) < 4.78 is 37.0. The molecule has 0 bridgehead atoms. The summed E-state index contributed by atoms with van der Waals surface area (Å²) in [6.45, 7) is 7.82. The molecule has 3 heterocycles. The molecule has 0 fully saturated rings. The lowest BCUT2D eigenvalue weighted by Crippen LogP contribution is -2.16. The van der Waals surface area contributed by atoms with Crippen molar-refractivity contribution in [3.05, 3.63) is 76.5 Å². The molecule has 0 aliphatic rings. The van der Waals surface area contributed by atoms with Crippen LogP contribution in [0.25, 0.3) is 5.65 Å². The quantitative estimate of drug-likeness (QED) is 0.477. The number of anilines is 1. The molecule has 4 aromatic rings. The third-order valence-electron chi connectivity index (χ3n) is 5.36. The zero-order valence-electron chi connectivity index (χ0n) is 18.2. The summed E-state index contributed by atoms with van der Waals surface area (Å²) >= 11 is 0. The molecule has 4 rings (SSSR count). The number of hydrogen-bond acceptors (Lipinski definition) is 4. The number of fused-ring (bicyclic) bond motifs is 1. The fraction of sp³-hybridized carbons (Fsp3) is 0.261. The molecule has 0 spiro atoms. The number of nitrogens with zero attached hydrogens (tertiary/aromatic N) is 4. The van der Waals surface area contributed by atoms with Gasteiger partial charge in [-0.05, 0) is 52.0 Å². The van der Waals surface area contributed by atoms with Crippen LogP contribution in [0.2, 0.25) is 0 Å². The van der Waals surface area contributed by atoms with Crippen molar-refractivity contribution < 1.29 is 18.3 Å². The van der Waals surface area contributed by atoms with Gasteiger partial charge in [-0.3, -0.25) is 13.9 Å². The van der Waals surface area contributed by atoms with E-state index in [-0.39, 0.29) is 18.1 Å². The molecule has 1 amide bonds. The molecule has 0 aliphatic heterocycles. The van der Waals surface area contributed by atoms with Crippen molar-refractivity contribution in [3.63, 3.8) is 0 Å². The Hall–Kier alpha value is -3.75. The zero-order chi connectivity index (χ0) is 23.0. The van der Waals surface area contributed by atoms with Crippen LogP contribution in [0.3, 0.4) is 0 Å². The van der Waals surface area contributed by atoms with Crippen molar-refractivity contribution in [2.45, 2.75) is 40.8 Å². The standard InChI is InChI=1S/C23H23F2N5O2/c1-5-30-15(4)20(13(2)28-30)27-23(31)21-14(3)26-22-19(10-7-11-29(21)22)32-12-16-17(24)8-6-9-18(16)25/h6-11H,5,12H2,1-4H3,(H,27,31). The van der Waals surface area contributed by atoms with Gasteiger partial charge in [-0.25, -0.2) is 13.8 Å². The fourth-order valence-corrected chi connectivity index (χ4v) is 3.72. The Bertz CT molecular complexity index is 1310. The maximum atomic E-state index is 13.9. The molecule has 1 aromatic carbocycles. The molecule has 3 aromatic heterocycles. The van der Waals surface area contributed by atoms with Crippen LogP contribution in [-0.2, 0) is 13.2 Å². The second-order valence-corrected chi connectivity index (χ2v) is 7.42. The molecule has 0 unspecified atom stereocenters. The molecule has 0 saturated carbocycles. The van der Waals surface area contributed by atoms with Crippen LogP contribution >= 0.6 is 0 Å². The first-order chi connectivity index (χ1) is 15.3. The Morgan fingerprint density at radius 1 is 1.09 bits per heavy atom. The molecule has 9 heteroatoms. The number of rotatable bonds is 6. The van der Waals surface area contributed by atoms with E-state index in [1.165, 1.54) is 18.2 Å². The number of aromatic nitrogens is 4. The second kappa shape index (κ2) is 8.41. The summed E-state index contributed by atoms with van der Waals surface area (Å²) in [5.74, 6) is -1.40. The van der Waals surface area contributed by atoms with Gasteiger partial charge < -0.3 is 10.1 Å². The fourth-order valence-electron chi connectivity index (χ4n) is 3.72. The van der Waals surface area contributed by atoms with Gasteiger partial charge >= 0.3 is 0 Å². The maximum absolute atomic E-state index is 13.9. The molecule has 166 valence electrons. The first kappa shape index (κ1) is 21.5. The number of carbonyl (C=O) groups is 1. The first-order valence-electron chi connectivity index (χ1n) is 10.2. The lowest BCUT2D eigenvalue weighted by atomic mass is 10.2. The maximum Gasteiger partial charge on any atom is 0.274 e. The lowest BCUT2D eigenvalue weighted by Gasteiger charge is -2.10. The SMILES string of the molecule is CCn1nc(C)c(NC(=O)c2c(C)nc3c(OCc4c(F)cccc4F)cccn23)c1C. The molecule has 0 saturated heterocycles. The highest BCUT2D eigenvalue weighted by atomic mass is 19.1. The van der Waals surface area contributed by atoms with Gasteiger partial charge in [0.05, 0.1) is 28.3 Å². The van der Waals surface area contributed by atoms with Gasteiger partial charge in [0.1, 0.15) is 23.9 Å². The van der Waals surface area contributed by atoms with E-state index in [0.717, 1.165) is 11.4 Å². The van der Waals surface area contributed by atoms with Gasteiger partial charge in [-0.15, -0.1) is 0 Å². The average molecular weight is 439 g/mol. The van der Waals surface area contributed by atoms with E-state index in [9.17, 15) is 13.6 Å². The monoisotopic (exact) mass is 439 g/mol. The lowest BCUT2D eigenvalue weighted by molar-refractivity contribution is 0.102. The molecular formula is C23H23F2N5O2. The molecule has 7 nitrogen and oxygen atoms in total. The number of benzene rings is 1. The van der Waals surface area contributed by atoms with Crippen molar-refractivity contribution in [1.29, 1.82) is 0 Å². The summed E-state index contributed by atoms with van der Waals surface area (Å²) in [7, 11) is 0. The summed E-state index contributed by atoms with van der Waals surface area (Å²) in [6, 6.07) is 6.97. The van der Waals surface area contributed by atoms with Gasteiger partial charge in [0.15, 0.2) is 11.4 Å². The van der Waals surface area contributed by atoms with Gasteiger partial charge in [0.2, 0.25) is 0 Å². The van der Waals surface area contributed by atoms with Crippen LogP contribution in [-0.4, -0.2) is 25.1 Å². The van der Waals surface area contributed by atoms with Gasteiger partial charge in [0, 0.05) is 12.7 Å². The van der Waals surface area contributed by atoms with Crippen LogP contribution < -0.4 is 10.1 Å². The van der Waals surface area contributed by atoms with Crippen molar-refractivity contribution in [2.75, 3.05) is 5.32 Å². The highest BCUT2D eigenvalue weighted by molar-refractivity contribution is 6.05. The minimum absolute atomic E-state index is 0.172. The van der Waals surface area contributed by atoms with E-state index in [1.807, 2.05) is 25.5 Å². The van der Waals surface area contributed by atoms with Crippen LogP contribution in [0.1, 0.15) is 40.1 Å². The summed E-state index contributed by atoms with van der Waals surface area (Å²) in [4.78, 5) is 17.6. The van der Waals surface area contributed by atoms with Crippen molar-refractivity contribution in [1.82, 2.24) is 19.2 Å². The number of amides is 1. The molecule has 1 N–H and O–H groups in total. The van der Waals surface area contributed by atoms with Gasteiger partial charge in [0.25, 0.3) is 5.91 Å². The van der Waals surface area contributed by atoms with Crippen molar-refractivity contribution in [3.8, 4) is 5.75 Å². The van der Waals surface area contributed by atoms with Crippen LogP contribution in [0.5, 0.6) is 5.75 Å². The zero-order valence-corrected chi connectivity index (χ0v) is 18.2. The number of ether oxygens (including phenoxy) is 1. The summed E-state index contributed by atoms with van der Waals surface area (Å²) in [6.07, 6.45) is 1.69. The topological polar surface area (TPSA) is 73.5 Å². The normalized spacial score (nSPS) is 11.2. The van der Waals surface area contributed by atoms with E-state index >= 15 is 0 Å². The van der Waals surface area contributed by atoms with E-state index in [0.29, 0.717) is 35.0 Å². The Morgan fingerprint density at radius 3 is 2.47 bits per heavy atom. The molecule has 32 heavy (non-hydrogen) atoms. The number of pyridine rings is 1. The highest BCUT2D eigenvalue weighted by Crippen LogP contribution is 2.26. The molecule has 0 aliphatic carbocycles. The van der Waals surface area contributed by atoms with E-state index in [1.54, 1.807) is 29.7 Å². The Labute approximate surface area is 183 Å². The molecular weight excluding hydrogens is 416 g/mol. The Kier molecular flexibility index (Phi) is 5.65. The second-order valence-electron chi connectivity index (χ2n) is 7.42. The highest BCUT2D eigenvalue weighted by Gasteiger charge is 2.22. The number of imidazole rings is 1. The van der Waals surface area contributed by atoms with Crippen molar-refractivity contribution >= 4 is 17.2 Å². The van der Waals surface area contributed by atoms with Crippen molar-refractivity contribution in [2.24, 2.45) is 0 Å². The molecule has 0 atom stereocenters.